The van der Waals surface area contributed by atoms with Crippen LogP contribution in [0.1, 0.15) is 29.2 Å². The Kier molecular flexibility index (Phi) is 3.72. The van der Waals surface area contributed by atoms with Gasteiger partial charge in [-0.05, 0) is 32.9 Å². The second-order valence-corrected chi connectivity index (χ2v) is 5.30. The molecule has 0 fully saturated rings. The molecule has 0 unspecified atom stereocenters. The molecule has 1 amide bonds. The Labute approximate surface area is 110 Å². The van der Waals surface area contributed by atoms with Crippen molar-refractivity contribution in [2.75, 3.05) is 0 Å². The number of amides is 1. The molecule has 0 atom stereocenters. The van der Waals surface area contributed by atoms with E-state index >= 15 is 0 Å². The summed E-state index contributed by atoms with van der Waals surface area (Å²) in [4.78, 5) is 21.1. The van der Waals surface area contributed by atoms with E-state index in [1.807, 2.05) is 32.9 Å². The predicted molar refractivity (Wildman–Crippen MR) is 72.7 cm³/mol. The number of aryl methyl sites for hydroxylation is 1. The fourth-order valence-corrected chi connectivity index (χ4v) is 2.51. The molecule has 0 saturated heterocycles. The zero-order valence-corrected chi connectivity index (χ0v) is 11.4. The second-order valence-electron chi connectivity index (χ2n) is 4.30. The molecule has 0 aliphatic carbocycles. The number of aromatic nitrogens is 2. The minimum absolute atomic E-state index is 0.0601. The van der Waals surface area contributed by atoms with E-state index in [4.69, 9.17) is 0 Å². The van der Waals surface area contributed by atoms with Gasteiger partial charge in [-0.15, -0.1) is 11.3 Å². The van der Waals surface area contributed by atoms with Crippen LogP contribution in [0.25, 0.3) is 10.6 Å². The summed E-state index contributed by atoms with van der Waals surface area (Å²) in [6, 6.07) is 3.93. The summed E-state index contributed by atoms with van der Waals surface area (Å²) in [5.41, 5.74) is 1.70. The van der Waals surface area contributed by atoms with Gasteiger partial charge in [0.25, 0.3) is 5.91 Å². The van der Waals surface area contributed by atoms with Crippen molar-refractivity contribution in [3.8, 4) is 10.6 Å². The van der Waals surface area contributed by atoms with Crippen molar-refractivity contribution in [3.05, 3.63) is 35.1 Å². The molecule has 0 aromatic carbocycles. The van der Waals surface area contributed by atoms with Gasteiger partial charge in [0, 0.05) is 24.0 Å². The van der Waals surface area contributed by atoms with Gasteiger partial charge in [0.2, 0.25) is 0 Å². The molecule has 94 valence electrons. The highest BCUT2D eigenvalue weighted by molar-refractivity contribution is 7.17. The van der Waals surface area contributed by atoms with Crippen molar-refractivity contribution in [2.45, 2.75) is 26.8 Å². The maximum atomic E-state index is 12.0. The monoisotopic (exact) mass is 261 g/mol. The number of thiazole rings is 1. The second kappa shape index (κ2) is 5.27. The van der Waals surface area contributed by atoms with Crippen molar-refractivity contribution in [1.82, 2.24) is 15.3 Å². The molecule has 18 heavy (non-hydrogen) atoms. The Balaban J connectivity index is 2.30. The highest BCUT2D eigenvalue weighted by atomic mass is 32.1. The van der Waals surface area contributed by atoms with Crippen LogP contribution < -0.4 is 5.32 Å². The number of nitrogens with one attached hydrogen (secondary N) is 1. The fourth-order valence-electron chi connectivity index (χ4n) is 1.55. The third kappa shape index (κ3) is 2.73. The smallest absolute Gasteiger partial charge is 0.263 e. The summed E-state index contributed by atoms with van der Waals surface area (Å²) in [5.74, 6) is -0.0601. The standard InChI is InChI=1S/C13H15N3OS/c1-8(2)15-12(17)11-9(3)16-13(18-11)10-5-4-6-14-7-10/h4-8H,1-3H3,(H,15,17). The van der Waals surface area contributed by atoms with Crippen molar-refractivity contribution in [2.24, 2.45) is 0 Å². The molecule has 2 heterocycles. The molecule has 0 bridgehead atoms. The van der Waals surface area contributed by atoms with Gasteiger partial charge < -0.3 is 5.32 Å². The van der Waals surface area contributed by atoms with Crippen molar-refractivity contribution >= 4 is 17.2 Å². The Bertz CT molecular complexity index is 549. The summed E-state index contributed by atoms with van der Waals surface area (Å²) in [6.45, 7) is 5.73. The molecule has 2 aromatic rings. The summed E-state index contributed by atoms with van der Waals surface area (Å²) in [6.07, 6.45) is 3.47. The molecular formula is C13H15N3OS. The molecule has 1 N–H and O–H groups in total. The molecule has 4 nitrogen and oxygen atoms in total. The van der Waals surface area contributed by atoms with E-state index in [9.17, 15) is 4.79 Å². The minimum Gasteiger partial charge on any atom is -0.349 e. The van der Waals surface area contributed by atoms with E-state index in [1.54, 1.807) is 12.4 Å². The zero-order valence-electron chi connectivity index (χ0n) is 10.6. The van der Waals surface area contributed by atoms with E-state index in [0.29, 0.717) is 4.88 Å². The average molecular weight is 261 g/mol. The van der Waals surface area contributed by atoms with Crippen LogP contribution in [0.4, 0.5) is 0 Å². The number of nitrogens with zero attached hydrogens (tertiary/aromatic N) is 2. The number of hydrogen-bond acceptors (Lipinski definition) is 4. The summed E-state index contributed by atoms with van der Waals surface area (Å²) >= 11 is 1.40. The molecule has 0 saturated carbocycles. The van der Waals surface area contributed by atoms with Gasteiger partial charge in [0.1, 0.15) is 9.88 Å². The topological polar surface area (TPSA) is 54.9 Å². The number of carbonyl (C=O) groups is 1. The largest absolute Gasteiger partial charge is 0.349 e. The number of hydrogen-bond donors (Lipinski definition) is 1. The zero-order chi connectivity index (χ0) is 13.1. The highest BCUT2D eigenvalue weighted by Crippen LogP contribution is 2.27. The maximum Gasteiger partial charge on any atom is 0.263 e. The first-order chi connectivity index (χ1) is 8.58. The molecule has 0 aliphatic heterocycles. The first-order valence-electron chi connectivity index (χ1n) is 5.76. The lowest BCUT2D eigenvalue weighted by molar-refractivity contribution is 0.0946. The third-order valence-electron chi connectivity index (χ3n) is 2.33. The Hall–Kier alpha value is -1.75. The first-order valence-corrected chi connectivity index (χ1v) is 6.58. The molecular weight excluding hydrogens is 246 g/mol. The minimum atomic E-state index is -0.0601. The number of rotatable bonds is 3. The summed E-state index contributed by atoms with van der Waals surface area (Å²) < 4.78 is 0. The average Bonchev–Trinajstić information content (AvgIpc) is 2.72. The van der Waals surface area contributed by atoms with Crippen molar-refractivity contribution in [1.29, 1.82) is 0 Å². The van der Waals surface area contributed by atoms with Gasteiger partial charge in [-0.1, -0.05) is 0 Å². The summed E-state index contributed by atoms with van der Waals surface area (Å²) in [7, 11) is 0. The predicted octanol–water partition coefficient (Wildman–Crippen LogP) is 2.65. The quantitative estimate of drug-likeness (QED) is 0.924. The van der Waals surface area contributed by atoms with E-state index in [-0.39, 0.29) is 11.9 Å². The van der Waals surface area contributed by atoms with Crippen molar-refractivity contribution < 1.29 is 4.79 Å². The van der Waals surface area contributed by atoms with Crippen LogP contribution in [0.3, 0.4) is 0 Å². The van der Waals surface area contributed by atoms with Gasteiger partial charge in [0.05, 0.1) is 5.69 Å². The van der Waals surface area contributed by atoms with Crippen LogP contribution in [-0.4, -0.2) is 21.9 Å². The molecule has 2 rings (SSSR count). The van der Waals surface area contributed by atoms with Gasteiger partial charge in [-0.25, -0.2) is 4.98 Å². The fraction of sp³-hybridized carbons (Fsp3) is 0.308. The maximum absolute atomic E-state index is 12.0. The van der Waals surface area contributed by atoms with Crippen LogP contribution in [0.2, 0.25) is 0 Å². The van der Waals surface area contributed by atoms with Gasteiger partial charge in [-0.2, -0.15) is 0 Å². The van der Waals surface area contributed by atoms with E-state index < -0.39 is 0 Å². The molecule has 0 aliphatic rings. The van der Waals surface area contributed by atoms with E-state index in [1.165, 1.54) is 11.3 Å². The lowest BCUT2D eigenvalue weighted by Crippen LogP contribution is -2.29. The van der Waals surface area contributed by atoms with Crippen LogP contribution in [0.5, 0.6) is 0 Å². The summed E-state index contributed by atoms with van der Waals surface area (Å²) in [5, 5.41) is 3.71. The Morgan fingerprint density at radius 1 is 1.44 bits per heavy atom. The third-order valence-corrected chi connectivity index (χ3v) is 3.54. The first kappa shape index (κ1) is 12.7. The molecule has 0 spiro atoms. The highest BCUT2D eigenvalue weighted by Gasteiger charge is 2.16. The van der Waals surface area contributed by atoms with Crippen LogP contribution in [-0.2, 0) is 0 Å². The van der Waals surface area contributed by atoms with Crippen LogP contribution >= 0.6 is 11.3 Å². The molecule has 5 heteroatoms. The lowest BCUT2D eigenvalue weighted by Gasteiger charge is -2.06. The normalized spacial score (nSPS) is 10.7. The number of pyridine rings is 1. The van der Waals surface area contributed by atoms with E-state index in [0.717, 1.165) is 16.3 Å². The molecule has 2 aromatic heterocycles. The SMILES string of the molecule is Cc1nc(-c2cccnc2)sc1C(=O)NC(C)C. The van der Waals surface area contributed by atoms with Gasteiger partial charge in [0.15, 0.2) is 0 Å². The Morgan fingerprint density at radius 2 is 2.22 bits per heavy atom. The van der Waals surface area contributed by atoms with Crippen LogP contribution in [0, 0.1) is 6.92 Å². The van der Waals surface area contributed by atoms with E-state index in [2.05, 4.69) is 15.3 Å². The van der Waals surface area contributed by atoms with Crippen molar-refractivity contribution in [3.63, 3.8) is 0 Å². The molecule has 0 radical (unpaired) electrons. The van der Waals surface area contributed by atoms with Gasteiger partial charge in [-0.3, -0.25) is 9.78 Å². The lowest BCUT2D eigenvalue weighted by atomic mass is 10.3. The van der Waals surface area contributed by atoms with Gasteiger partial charge >= 0.3 is 0 Å². The Morgan fingerprint density at radius 3 is 2.83 bits per heavy atom. The number of carbonyl (C=O) groups excluding carboxylic acids is 1. The van der Waals surface area contributed by atoms with Crippen LogP contribution in [0.15, 0.2) is 24.5 Å².